The largest absolute Gasteiger partial charge is 0.338 e. The van der Waals surface area contributed by atoms with Gasteiger partial charge in [0.15, 0.2) is 5.78 Å². The molecule has 1 saturated heterocycles. The van der Waals surface area contributed by atoms with Crippen LogP contribution >= 0.6 is 0 Å². The van der Waals surface area contributed by atoms with E-state index >= 15 is 0 Å². The first-order valence-electron chi connectivity index (χ1n) is 11.8. The van der Waals surface area contributed by atoms with Gasteiger partial charge in [0.25, 0.3) is 11.5 Å². The lowest BCUT2D eigenvalue weighted by atomic mass is 9.89. The molecule has 5 heteroatoms. The number of Topliss-reactive ketones (excluding diaryl/α,β-unsaturated/α-hetero) is 1. The summed E-state index contributed by atoms with van der Waals surface area (Å²) in [6, 6.07) is 19.5. The van der Waals surface area contributed by atoms with Crippen molar-refractivity contribution >= 4 is 11.7 Å². The maximum atomic E-state index is 13.2. The van der Waals surface area contributed by atoms with Crippen LogP contribution in [-0.2, 0) is 12.8 Å². The average molecular weight is 441 g/mol. The topological polar surface area (TPSA) is 70.2 Å². The van der Waals surface area contributed by atoms with Crippen molar-refractivity contribution in [2.75, 3.05) is 13.1 Å². The van der Waals surface area contributed by atoms with Gasteiger partial charge in [-0.25, -0.2) is 0 Å². The van der Waals surface area contributed by atoms with Crippen LogP contribution in [0.3, 0.4) is 0 Å². The van der Waals surface area contributed by atoms with Crippen LogP contribution in [0.2, 0.25) is 0 Å². The van der Waals surface area contributed by atoms with E-state index in [2.05, 4.69) is 4.98 Å². The third kappa shape index (κ3) is 4.40. The Balaban J connectivity index is 1.31. The molecule has 1 aliphatic carbocycles. The summed E-state index contributed by atoms with van der Waals surface area (Å²) in [5.74, 6) is -0.449. The number of pyridine rings is 1. The Morgan fingerprint density at radius 1 is 0.879 bits per heavy atom. The standard InChI is InChI=1S/C28H28N2O3/c31-26(21-14-12-20(13-15-21)19-7-2-1-3-8-19)23-10-6-16-30(18-23)28(33)24-17-22-9-4-5-11-25(22)29-27(24)32/h1-3,7-8,12-15,17,23H,4-6,9-11,16,18H2,(H,29,32). The number of rotatable bonds is 4. The van der Waals surface area contributed by atoms with Gasteiger partial charge in [-0.1, -0.05) is 54.6 Å². The van der Waals surface area contributed by atoms with Crippen LogP contribution in [0.15, 0.2) is 65.5 Å². The summed E-state index contributed by atoms with van der Waals surface area (Å²) in [5, 5.41) is 0. The number of amides is 1. The Morgan fingerprint density at radius 2 is 1.61 bits per heavy atom. The monoisotopic (exact) mass is 440 g/mol. The van der Waals surface area contributed by atoms with Gasteiger partial charge in [-0.15, -0.1) is 0 Å². The molecular formula is C28H28N2O3. The smallest absolute Gasteiger partial charge is 0.261 e. The van der Waals surface area contributed by atoms with E-state index in [9.17, 15) is 14.4 Å². The van der Waals surface area contributed by atoms with E-state index in [1.54, 1.807) is 11.0 Å². The summed E-state index contributed by atoms with van der Waals surface area (Å²) in [6.07, 6.45) is 5.42. The Kier molecular flexibility index (Phi) is 5.95. The predicted octanol–water partition coefficient (Wildman–Crippen LogP) is 4.66. The summed E-state index contributed by atoms with van der Waals surface area (Å²) in [4.78, 5) is 43.6. The van der Waals surface area contributed by atoms with Crippen molar-refractivity contribution in [2.45, 2.75) is 38.5 Å². The minimum absolute atomic E-state index is 0.0615. The second kappa shape index (κ2) is 9.18. The minimum atomic E-state index is -0.314. The van der Waals surface area contributed by atoms with Crippen LogP contribution in [-0.4, -0.2) is 34.7 Å². The molecule has 0 saturated carbocycles. The van der Waals surface area contributed by atoms with E-state index in [0.29, 0.717) is 18.7 Å². The van der Waals surface area contributed by atoms with Crippen molar-refractivity contribution in [1.82, 2.24) is 9.88 Å². The molecule has 5 nitrogen and oxygen atoms in total. The molecular weight excluding hydrogens is 412 g/mol. The number of aryl methyl sites for hydroxylation is 2. The summed E-state index contributed by atoms with van der Waals surface area (Å²) in [7, 11) is 0. The number of carbonyl (C=O) groups is 2. The SMILES string of the molecule is O=C(c1ccc(-c2ccccc2)cc1)C1CCCN(C(=O)c2cc3c([nH]c2=O)CCCC3)C1. The molecule has 0 spiro atoms. The number of ketones is 1. The van der Waals surface area contributed by atoms with Crippen LogP contribution in [0.5, 0.6) is 0 Å². The molecule has 1 unspecified atom stereocenters. The summed E-state index contributed by atoms with van der Waals surface area (Å²) >= 11 is 0. The van der Waals surface area contributed by atoms with Gasteiger partial charge in [-0.3, -0.25) is 14.4 Å². The van der Waals surface area contributed by atoms with Gasteiger partial charge >= 0.3 is 0 Å². The molecule has 1 fully saturated rings. The Hall–Kier alpha value is -3.47. The normalized spacial score (nSPS) is 17.9. The quantitative estimate of drug-likeness (QED) is 0.600. The number of piperidine rings is 1. The van der Waals surface area contributed by atoms with Gasteiger partial charge in [-0.2, -0.15) is 0 Å². The predicted molar refractivity (Wildman–Crippen MR) is 129 cm³/mol. The van der Waals surface area contributed by atoms with Gasteiger partial charge in [0.05, 0.1) is 0 Å². The fraction of sp³-hybridized carbons (Fsp3) is 0.321. The zero-order valence-corrected chi connectivity index (χ0v) is 18.7. The van der Waals surface area contributed by atoms with E-state index in [-0.39, 0.29) is 28.7 Å². The molecule has 0 bridgehead atoms. The van der Waals surface area contributed by atoms with Crippen LogP contribution in [0.1, 0.15) is 57.7 Å². The number of H-pyrrole nitrogens is 1. The van der Waals surface area contributed by atoms with Crippen molar-refractivity contribution in [3.05, 3.63) is 93.4 Å². The summed E-state index contributed by atoms with van der Waals surface area (Å²) in [5.41, 5.74) is 4.78. The maximum absolute atomic E-state index is 13.2. The third-order valence-electron chi connectivity index (χ3n) is 6.92. The van der Waals surface area contributed by atoms with Crippen molar-refractivity contribution in [3.8, 4) is 11.1 Å². The molecule has 2 aromatic carbocycles. The van der Waals surface area contributed by atoms with E-state index in [0.717, 1.165) is 60.9 Å². The van der Waals surface area contributed by atoms with Crippen LogP contribution in [0.4, 0.5) is 0 Å². The first-order chi connectivity index (χ1) is 16.1. The Morgan fingerprint density at radius 3 is 2.39 bits per heavy atom. The number of carbonyl (C=O) groups excluding carboxylic acids is 2. The maximum Gasteiger partial charge on any atom is 0.261 e. The first kappa shape index (κ1) is 21.4. The zero-order valence-electron chi connectivity index (χ0n) is 18.7. The van der Waals surface area contributed by atoms with Crippen molar-refractivity contribution in [1.29, 1.82) is 0 Å². The summed E-state index contributed by atoms with van der Waals surface area (Å²) < 4.78 is 0. The summed E-state index contributed by atoms with van der Waals surface area (Å²) in [6.45, 7) is 0.931. The Labute approximate surface area is 193 Å². The van der Waals surface area contributed by atoms with Crippen molar-refractivity contribution in [2.24, 2.45) is 5.92 Å². The molecule has 1 aromatic heterocycles. The van der Waals surface area contributed by atoms with Gasteiger partial charge in [0.1, 0.15) is 5.56 Å². The fourth-order valence-electron chi connectivity index (χ4n) is 5.07. The van der Waals surface area contributed by atoms with Gasteiger partial charge in [0.2, 0.25) is 0 Å². The van der Waals surface area contributed by atoms with Gasteiger partial charge in [0, 0.05) is 30.3 Å². The van der Waals surface area contributed by atoms with Crippen molar-refractivity contribution in [3.63, 3.8) is 0 Å². The molecule has 168 valence electrons. The molecule has 2 heterocycles. The van der Waals surface area contributed by atoms with E-state index in [1.807, 2.05) is 54.6 Å². The first-order valence-corrected chi connectivity index (χ1v) is 11.8. The Bertz CT molecular complexity index is 1230. The highest BCUT2D eigenvalue weighted by Crippen LogP contribution is 2.25. The molecule has 1 amide bonds. The van der Waals surface area contributed by atoms with Crippen LogP contribution in [0, 0.1) is 5.92 Å². The lowest BCUT2D eigenvalue weighted by molar-refractivity contribution is 0.0635. The molecule has 0 radical (unpaired) electrons. The lowest BCUT2D eigenvalue weighted by Crippen LogP contribution is -2.44. The molecule has 1 aliphatic heterocycles. The van der Waals surface area contributed by atoms with E-state index < -0.39 is 0 Å². The number of aromatic amines is 1. The number of nitrogens with zero attached hydrogens (tertiary/aromatic N) is 1. The fourth-order valence-corrected chi connectivity index (χ4v) is 5.07. The minimum Gasteiger partial charge on any atom is -0.338 e. The van der Waals surface area contributed by atoms with Crippen LogP contribution in [0.25, 0.3) is 11.1 Å². The highest BCUT2D eigenvalue weighted by atomic mass is 16.2. The number of benzene rings is 2. The number of aromatic nitrogens is 1. The lowest BCUT2D eigenvalue weighted by Gasteiger charge is -2.32. The average Bonchev–Trinajstić information content (AvgIpc) is 2.88. The molecule has 3 aromatic rings. The second-order valence-corrected chi connectivity index (χ2v) is 9.12. The molecule has 1 atom stereocenters. The number of nitrogens with one attached hydrogen (secondary N) is 1. The number of hydrogen-bond acceptors (Lipinski definition) is 3. The van der Waals surface area contributed by atoms with Gasteiger partial charge in [-0.05, 0) is 61.3 Å². The number of fused-ring (bicyclic) bond motifs is 1. The number of likely N-dealkylation sites (tertiary alicyclic amines) is 1. The zero-order chi connectivity index (χ0) is 22.8. The second-order valence-electron chi connectivity index (χ2n) is 9.12. The molecule has 5 rings (SSSR count). The molecule has 2 aliphatic rings. The van der Waals surface area contributed by atoms with E-state index in [1.165, 1.54) is 0 Å². The number of hydrogen-bond donors (Lipinski definition) is 1. The van der Waals surface area contributed by atoms with Crippen molar-refractivity contribution < 1.29 is 9.59 Å². The highest BCUT2D eigenvalue weighted by molar-refractivity contribution is 5.99. The molecule has 33 heavy (non-hydrogen) atoms. The van der Waals surface area contributed by atoms with Gasteiger partial charge < -0.3 is 9.88 Å². The highest BCUT2D eigenvalue weighted by Gasteiger charge is 2.31. The van der Waals surface area contributed by atoms with E-state index in [4.69, 9.17) is 0 Å². The van der Waals surface area contributed by atoms with Crippen LogP contribution < -0.4 is 5.56 Å². The third-order valence-corrected chi connectivity index (χ3v) is 6.92. The molecule has 1 N–H and O–H groups in total.